The molecule has 0 aliphatic carbocycles. The van der Waals surface area contributed by atoms with Gasteiger partial charge >= 0.3 is 5.97 Å². The SMILES string of the molecule is CCCC(C)OC(=O)Cc1ccc(C(C)C)cc1. The van der Waals surface area contributed by atoms with E-state index >= 15 is 0 Å². The Morgan fingerprint density at radius 2 is 1.78 bits per heavy atom. The maximum Gasteiger partial charge on any atom is 0.310 e. The molecule has 0 aromatic heterocycles. The van der Waals surface area contributed by atoms with Crippen LogP contribution in [0.15, 0.2) is 24.3 Å². The summed E-state index contributed by atoms with van der Waals surface area (Å²) in [7, 11) is 0. The molecule has 1 aromatic carbocycles. The lowest BCUT2D eigenvalue weighted by Crippen LogP contribution is -2.16. The highest BCUT2D eigenvalue weighted by molar-refractivity contribution is 5.72. The molecule has 0 saturated carbocycles. The van der Waals surface area contributed by atoms with Gasteiger partial charge in [0.2, 0.25) is 0 Å². The van der Waals surface area contributed by atoms with Crippen molar-refractivity contribution in [3.8, 4) is 0 Å². The fourth-order valence-corrected chi connectivity index (χ4v) is 1.92. The number of esters is 1. The molecule has 1 atom stereocenters. The molecule has 0 radical (unpaired) electrons. The molecule has 0 heterocycles. The Morgan fingerprint density at radius 1 is 1.17 bits per heavy atom. The minimum absolute atomic E-state index is 0.0254. The van der Waals surface area contributed by atoms with Crippen LogP contribution in [0.2, 0.25) is 0 Å². The van der Waals surface area contributed by atoms with Gasteiger partial charge in [0, 0.05) is 0 Å². The summed E-state index contributed by atoms with van der Waals surface area (Å²) in [6.07, 6.45) is 2.36. The highest BCUT2D eigenvalue weighted by atomic mass is 16.5. The van der Waals surface area contributed by atoms with Crippen LogP contribution in [-0.2, 0) is 16.0 Å². The largest absolute Gasteiger partial charge is 0.462 e. The molecule has 2 nitrogen and oxygen atoms in total. The van der Waals surface area contributed by atoms with Gasteiger partial charge in [-0.3, -0.25) is 4.79 Å². The van der Waals surface area contributed by atoms with Crippen LogP contribution in [0.3, 0.4) is 0 Å². The highest BCUT2D eigenvalue weighted by Gasteiger charge is 2.09. The van der Waals surface area contributed by atoms with Crippen LogP contribution in [0.1, 0.15) is 57.6 Å². The molecule has 1 rings (SSSR count). The van der Waals surface area contributed by atoms with Gasteiger partial charge in [-0.15, -0.1) is 0 Å². The Kier molecular flexibility index (Phi) is 5.90. The van der Waals surface area contributed by atoms with Gasteiger partial charge in [0.25, 0.3) is 0 Å². The lowest BCUT2D eigenvalue weighted by atomic mass is 10.0. The van der Waals surface area contributed by atoms with Gasteiger partial charge in [-0.25, -0.2) is 0 Å². The van der Waals surface area contributed by atoms with Crippen LogP contribution in [0.5, 0.6) is 0 Å². The van der Waals surface area contributed by atoms with Crippen molar-refractivity contribution >= 4 is 5.97 Å². The average molecular weight is 248 g/mol. The number of hydrogen-bond donors (Lipinski definition) is 0. The normalized spacial score (nSPS) is 12.5. The number of rotatable bonds is 6. The third-order valence-electron chi connectivity index (χ3n) is 3.02. The molecule has 2 heteroatoms. The number of carbonyl (C=O) groups is 1. The predicted octanol–water partition coefficient (Wildman–Crippen LogP) is 4.08. The second-order valence-electron chi connectivity index (χ2n) is 5.16. The summed E-state index contributed by atoms with van der Waals surface area (Å²) in [6.45, 7) is 8.36. The lowest BCUT2D eigenvalue weighted by Gasteiger charge is -2.12. The zero-order valence-electron chi connectivity index (χ0n) is 11.9. The molecule has 0 spiro atoms. The number of hydrogen-bond acceptors (Lipinski definition) is 2. The van der Waals surface area contributed by atoms with Gasteiger partial charge in [-0.1, -0.05) is 51.5 Å². The molecule has 0 saturated heterocycles. The molecule has 0 amide bonds. The van der Waals surface area contributed by atoms with Gasteiger partial charge < -0.3 is 4.74 Å². The Morgan fingerprint density at radius 3 is 2.28 bits per heavy atom. The molecular formula is C16H24O2. The Bertz CT molecular complexity index is 365. The molecule has 0 aliphatic rings. The van der Waals surface area contributed by atoms with E-state index in [0.29, 0.717) is 12.3 Å². The molecule has 18 heavy (non-hydrogen) atoms. The number of benzene rings is 1. The van der Waals surface area contributed by atoms with E-state index < -0.39 is 0 Å². The fraction of sp³-hybridized carbons (Fsp3) is 0.562. The van der Waals surface area contributed by atoms with Crippen molar-refractivity contribution in [2.75, 3.05) is 0 Å². The van der Waals surface area contributed by atoms with Crippen LogP contribution in [0, 0.1) is 0 Å². The van der Waals surface area contributed by atoms with Crippen molar-refractivity contribution in [3.63, 3.8) is 0 Å². The van der Waals surface area contributed by atoms with Crippen molar-refractivity contribution in [3.05, 3.63) is 35.4 Å². The van der Waals surface area contributed by atoms with Crippen LogP contribution in [-0.4, -0.2) is 12.1 Å². The van der Waals surface area contributed by atoms with Crippen molar-refractivity contribution in [1.82, 2.24) is 0 Å². The third kappa shape index (κ3) is 4.91. The number of carbonyl (C=O) groups excluding carboxylic acids is 1. The van der Waals surface area contributed by atoms with E-state index in [2.05, 4.69) is 32.9 Å². The van der Waals surface area contributed by atoms with Gasteiger partial charge in [-0.05, 0) is 30.4 Å². The summed E-state index contributed by atoms with van der Waals surface area (Å²) < 4.78 is 5.33. The topological polar surface area (TPSA) is 26.3 Å². The smallest absolute Gasteiger partial charge is 0.310 e. The van der Waals surface area contributed by atoms with Crippen LogP contribution >= 0.6 is 0 Å². The van der Waals surface area contributed by atoms with E-state index in [0.717, 1.165) is 18.4 Å². The molecule has 100 valence electrons. The quantitative estimate of drug-likeness (QED) is 0.709. The third-order valence-corrected chi connectivity index (χ3v) is 3.02. The van der Waals surface area contributed by atoms with E-state index in [-0.39, 0.29) is 12.1 Å². The first-order valence-corrected chi connectivity index (χ1v) is 6.81. The Hall–Kier alpha value is -1.31. The summed E-state index contributed by atoms with van der Waals surface area (Å²) >= 11 is 0. The second kappa shape index (κ2) is 7.20. The first-order valence-electron chi connectivity index (χ1n) is 6.81. The second-order valence-corrected chi connectivity index (χ2v) is 5.16. The summed E-state index contributed by atoms with van der Waals surface area (Å²) in [6, 6.07) is 8.20. The van der Waals surface area contributed by atoms with E-state index in [1.54, 1.807) is 0 Å². The van der Waals surface area contributed by atoms with Crippen LogP contribution < -0.4 is 0 Å². The summed E-state index contributed by atoms with van der Waals surface area (Å²) in [5.74, 6) is 0.392. The van der Waals surface area contributed by atoms with E-state index in [4.69, 9.17) is 4.74 Å². The van der Waals surface area contributed by atoms with Crippen molar-refractivity contribution in [2.45, 2.75) is 59.0 Å². The number of ether oxygens (including phenoxy) is 1. The maximum absolute atomic E-state index is 11.7. The van der Waals surface area contributed by atoms with Crippen molar-refractivity contribution in [1.29, 1.82) is 0 Å². The molecule has 1 aromatic rings. The van der Waals surface area contributed by atoms with Gasteiger partial charge in [0.15, 0.2) is 0 Å². The predicted molar refractivity (Wildman–Crippen MR) is 74.7 cm³/mol. The first-order chi connectivity index (χ1) is 8.52. The Labute approximate surface area is 110 Å². The summed E-state index contributed by atoms with van der Waals surface area (Å²) in [5.41, 5.74) is 2.32. The summed E-state index contributed by atoms with van der Waals surface area (Å²) in [4.78, 5) is 11.7. The molecule has 0 aliphatic heterocycles. The Balaban J connectivity index is 2.49. The zero-order valence-corrected chi connectivity index (χ0v) is 11.9. The first kappa shape index (κ1) is 14.7. The average Bonchev–Trinajstić information content (AvgIpc) is 2.29. The zero-order chi connectivity index (χ0) is 13.5. The monoisotopic (exact) mass is 248 g/mol. The van der Waals surface area contributed by atoms with E-state index in [1.165, 1.54) is 5.56 Å². The van der Waals surface area contributed by atoms with Crippen molar-refractivity contribution in [2.24, 2.45) is 0 Å². The minimum Gasteiger partial charge on any atom is -0.462 e. The molecule has 1 unspecified atom stereocenters. The molecular weight excluding hydrogens is 224 g/mol. The summed E-state index contributed by atoms with van der Waals surface area (Å²) in [5, 5.41) is 0. The highest BCUT2D eigenvalue weighted by Crippen LogP contribution is 2.15. The molecule has 0 N–H and O–H groups in total. The standard InChI is InChI=1S/C16H24O2/c1-5-6-13(4)18-16(17)11-14-7-9-15(10-8-14)12(2)3/h7-10,12-13H,5-6,11H2,1-4H3. The van der Waals surface area contributed by atoms with Gasteiger partial charge in [-0.2, -0.15) is 0 Å². The van der Waals surface area contributed by atoms with E-state index in [9.17, 15) is 4.79 Å². The van der Waals surface area contributed by atoms with E-state index in [1.807, 2.05) is 19.1 Å². The maximum atomic E-state index is 11.7. The molecule has 0 bridgehead atoms. The lowest BCUT2D eigenvalue weighted by molar-refractivity contribution is -0.147. The van der Waals surface area contributed by atoms with Crippen molar-refractivity contribution < 1.29 is 9.53 Å². The van der Waals surface area contributed by atoms with Crippen LogP contribution in [0.25, 0.3) is 0 Å². The van der Waals surface area contributed by atoms with Gasteiger partial charge in [0.1, 0.15) is 0 Å². The molecule has 0 fully saturated rings. The fourth-order valence-electron chi connectivity index (χ4n) is 1.92. The minimum atomic E-state index is -0.131. The van der Waals surface area contributed by atoms with Gasteiger partial charge in [0.05, 0.1) is 12.5 Å². The van der Waals surface area contributed by atoms with Crippen LogP contribution in [0.4, 0.5) is 0 Å².